The van der Waals surface area contributed by atoms with Crippen LogP contribution in [0.4, 0.5) is 0 Å². The number of nitrogens with one attached hydrogen (secondary N) is 1. The smallest absolute Gasteiger partial charge is 0.137 e. The van der Waals surface area contributed by atoms with Gasteiger partial charge in [-0.15, -0.1) is 0 Å². The first kappa shape index (κ1) is 14.9. The van der Waals surface area contributed by atoms with Crippen molar-refractivity contribution in [1.29, 1.82) is 0 Å². The van der Waals surface area contributed by atoms with Gasteiger partial charge in [0.15, 0.2) is 0 Å². The maximum absolute atomic E-state index is 5.62. The number of rotatable bonds is 9. The molecule has 1 rings (SSSR count). The molecule has 0 saturated heterocycles. The van der Waals surface area contributed by atoms with Crippen molar-refractivity contribution < 1.29 is 4.74 Å². The normalized spacial score (nSPS) is 12.4. The summed E-state index contributed by atoms with van der Waals surface area (Å²) >= 11 is 0. The highest BCUT2D eigenvalue weighted by atomic mass is 16.5. The lowest BCUT2D eigenvalue weighted by Crippen LogP contribution is -2.28. The minimum Gasteiger partial charge on any atom is -0.492 e. The molecule has 0 aliphatic heterocycles. The zero-order valence-electron chi connectivity index (χ0n) is 11.5. The van der Waals surface area contributed by atoms with Crippen molar-refractivity contribution in [1.82, 2.24) is 10.4 Å². The second-order valence-corrected chi connectivity index (χ2v) is 4.46. The highest BCUT2D eigenvalue weighted by molar-refractivity contribution is 5.25. The molecule has 18 heavy (non-hydrogen) atoms. The Bertz CT molecular complexity index is 331. The Morgan fingerprint density at radius 2 is 2.11 bits per heavy atom. The first-order valence-corrected chi connectivity index (χ1v) is 6.85. The molecule has 0 aliphatic rings. The molecule has 102 valence electrons. The average molecular weight is 251 g/mol. The van der Waals surface area contributed by atoms with Gasteiger partial charge in [-0.05, 0) is 25.0 Å². The fourth-order valence-corrected chi connectivity index (χ4v) is 1.99. The molecular formula is C14H25N3O. The monoisotopic (exact) mass is 251 g/mol. The van der Waals surface area contributed by atoms with Gasteiger partial charge in [-0.2, -0.15) is 0 Å². The number of pyridine rings is 1. The molecule has 0 saturated carbocycles. The highest BCUT2D eigenvalue weighted by Gasteiger charge is 2.10. The number of ether oxygens (including phenoxy) is 1. The molecule has 0 aliphatic carbocycles. The molecule has 0 bridgehead atoms. The van der Waals surface area contributed by atoms with Gasteiger partial charge in [-0.25, -0.2) is 0 Å². The fraction of sp³-hybridized carbons (Fsp3) is 0.643. The summed E-state index contributed by atoms with van der Waals surface area (Å²) in [5.74, 6) is 6.43. The number of nitrogens with zero attached hydrogens (tertiary/aromatic N) is 1. The van der Waals surface area contributed by atoms with Crippen molar-refractivity contribution >= 4 is 0 Å². The Kier molecular flexibility index (Phi) is 7.37. The van der Waals surface area contributed by atoms with E-state index in [9.17, 15) is 0 Å². The average Bonchev–Trinajstić information content (AvgIpc) is 2.40. The van der Waals surface area contributed by atoms with Crippen LogP contribution in [0.3, 0.4) is 0 Å². The third-order valence-electron chi connectivity index (χ3n) is 3.00. The van der Waals surface area contributed by atoms with Crippen LogP contribution < -0.4 is 16.0 Å². The van der Waals surface area contributed by atoms with Crippen LogP contribution >= 0.6 is 0 Å². The summed E-state index contributed by atoms with van der Waals surface area (Å²) in [4.78, 5) is 4.20. The van der Waals surface area contributed by atoms with E-state index in [-0.39, 0.29) is 6.04 Å². The standard InChI is InChI=1S/C14H25N3O/c1-3-5-6-7-8-14(17-15)12-9-13(18-4-2)11-16-10-12/h9-11,14,17H,3-8,15H2,1-2H3. The van der Waals surface area contributed by atoms with E-state index in [1.54, 1.807) is 6.20 Å². The zero-order valence-corrected chi connectivity index (χ0v) is 11.5. The third-order valence-corrected chi connectivity index (χ3v) is 3.00. The highest BCUT2D eigenvalue weighted by Crippen LogP contribution is 2.22. The first-order valence-electron chi connectivity index (χ1n) is 6.85. The molecule has 0 amide bonds. The SMILES string of the molecule is CCCCCCC(NN)c1cncc(OCC)c1. The second kappa shape index (κ2) is 8.89. The molecule has 0 spiro atoms. The van der Waals surface area contributed by atoms with E-state index in [0.717, 1.165) is 17.7 Å². The van der Waals surface area contributed by atoms with Gasteiger partial charge in [-0.3, -0.25) is 16.3 Å². The second-order valence-electron chi connectivity index (χ2n) is 4.46. The van der Waals surface area contributed by atoms with Crippen LogP contribution in [0.25, 0.3) is 0 Å². The van der Waals surface area contributed by atoms with Gasteiger partial charge in [0.05, 0.1) is 12.8 Å². The van der Waals surface area contributed by atoms with Crippen molar-refractivity contribution in [3.8, 4) is 5.75 Å². The van der Waals surface area contributed by atoms with Crippen LogP contribution in [0.2, 0.25) is 0 Å². The predicted molar refractivity (Wildman–Crippen MR) is 74.2 cm³/mol. The van der Waals surface area contributed by atoms with Gasteiger partial charge in [0.1, 0.15) is 5.75 Å². The van der Waals surface area contributed by atoms with Gasteiger partial charge in [0, 0.05) is 12.2 Å². The van der Waals surface area contributed by atoms with Crippen molar-refractivity contribution in [3.05, 3.63) is 24.0 Å². The summed E-state index contributed by atoms with van der Waals surface area (Å²) in [7, 11) is 0. The summed E-state index contributed by atoms with van der Waals surface area (Å²) in [5, 5.41) is 0. The molecule has 1 atom stereocenters. The number of hydrogen-bond donors (Lipinski definition) is 2. The number of nitrogens with two attached hydrogens (primary N) is 1. The van der Waals surface area contributed by atoms with Crippen LogP contribution in [0.5, 0.6) is 5.75 Å². The molecule has 1 aromatic rings. The zero-order chi connectivity index (χ0) is 13.2. The van der Waals surface area contributed by atoms with E-state index in [0.29, 0.717) is 6.61 Å². The number of unbranched alkanes of at least 4 members (excludes halogenated alkanes) is 3. The molecule has 1 unspecified atom stereocenters. The number of aromatic nitrogens is 1. The van der Waals surface area contributed by atoms with Gasteiger partial charge < -0.3 is 4.74 Å². The topological polar surface area (TPSA) is 60.2 Å². The van der Waals surface area contributed by atoms with E-state index in [1.807, 2.05) is 19.2 Å². The summed E-state index contributed by atoms with van der Waals surface area (Å²) < 4.78 is 5.45. The summed E-state index contributed by atoms with van der Waals surface area (Å²) in [6.45, 7) is 4.84. The molecule has 0 radical (unpaired) electrons. The molecule has 4 heteroatoms. The Hall–Kier alpha value is -1.13. The Morgan fingerprint density at radius 1 is 1.28 bits per heavy atom. The Labute approximate surface area is 110 Å². The van der Waals surface area contributed by atoms with Gasteiger partial charge in [-0.1, -0.05) is 32.6 Å². The fourth-order valence-electron chi connectivity index (χ4n) is 1.99. The largest absolute Gasteiger partial charge is 0.492 e. The van der Waals surface area contributed by atoms with Crippen LogP contribution in [0.1, 0.15) is 57.6 Å². The van der Waals surface area contributed by atoms with Gasteiger partial charge in [0.2, 0.25) is 0 Å². The number of hydrogen-bond acceptors (Lipinski definition) is 4. The van der Waals surface area contributed by atoms with Crippen LogP contribution in [-0.2, 0) is 0 Å². The van der Waals surface area contributed by atoms with Crippen LogP contribution in [-0.4, -0.2) is 11.6 Å². The van der Waals surface area contributed by atoms with E-state index >= 15 is 0 Å². The van der Waals surface area contributed by atoms with Gasteiger partial charge >= 0.3 is 0 Å². The molecule has 3 N–H and O–H groups in total. The third kappa shape index (κ3) is 5.02. The first-order chi connectivity index (χ1) is 8.81. The van der Waals surface area contributed by atoms with E-state index in [2.05, 4.69) is 17.3 Å². The molecule has 0 fully saturated rings. The lowest BCUT2D eigenvalue weighted by atomic mass is 10.0. The lowest BCUT2D eigenvalue weighted by molar-refractivity contribution is 0.337. The van der Waals surface area contributed by atoms with Crippen molar-refractivity contribution in [3.63, 3.8) is 0 Å². The van der Waals surface area contributed by atoms with E-state index in [1.165, 1.54) is 25.7 Å². The Balaban J connectivity index is 2.54. The lowest BCUT2D eigenvalue weighted by Gasteiger charge is -2.16. The quantitative estimate of drug-likeness (QED) is 0.402. The van der Waals surface area contributed by atoms with Gasteiger partial charge in [0.25, 0.3) is 0 Å². The molecule has 1 heterocycles. The Morgan fingerprint density at radius 3 is 2.78 bits per heavy atom. The number of hydrazine groups is 1. The van der Waals surface area contributed by atoms with Crippen molar-refractivity contribution in [2.75, 3.05) is 6.61 Å². The molecule has 0 aromatic carbocycles. The molecule has 4 nitrogen and oxygen atoms in total. The summed E-state index contributed by atoms with van der Waals surface area (Å²) in [6.07, 6.45) is 9.60. The predicted octanol–water partition coefficient (Wildman–Crippen LogP) is 2.96. The maximum Gasteiger partial charge on any atom is 0.137 e. The van der Waals surface area contributed by atoms with E-state index < -0.39 is 0 Å². The van der Waals surface area contributed by atoms with Crippen LogP contribution in [0, 0.1) is 0 Å². The van der Waals surface area contributed by atoms with Crippen molar-refractivity contribution in [2.45, 2.75) is 52.0 Å². The maximum atomic E-state index is 5.62. The van der Waals surface area contributed by atoms with Crippen molar-refractivity contribution in [2.24, 2.45) is 5.84 Å². The summed E-state index contributed by atoms with van der Waals surface area (Å²) in [6, 6.07) is 2.18. The summed E-state index contributed by atoms with van der Waals surface area (Å²) in [5.41, 5.74) is 3.97. The minimum atomic E-state index is 0.162. The minimum absolute atomic E-state index is 0.162. The van der Waals surface area contributed by atoms with E-state index in [4.69, 9.17) is 10.6 Å². The van der Waals surface area contributed by atoms with Crippen LogP contribution in [0.15, 0.2) is 18.5 Å². The molecular weight excluding hydrogens is 226 g/mol. The molecule has 1 aromatic heterocycles.